The van der Waals surface area contributed by atoms with Gasteiger partial charge in [0.25, 0.3) is 0 Å². The molecule has 0 rings (SSSR count). The first-order valence-corrected chi connectivity index (χ1v) is 16.4. The minimum absolute atomic E-state index is 0.729. The maximum Gasteiger partial charge on any atom is 0.324 e. The highest BCUT2D eigenvalue weighted by Crippen LogP contribution is 2.26. The Morgan fingerprint density at radius 2 is 1.44 bits per heavy atom. The van der Waals surface area contributed by atoms with Crippen molar-refractivity contribution < 1.29 is 8.54 Å². The lowest BCUT2D eigenvalue weighted by Crippen LogP contribution is -2.48. The third kappa shape index (κ3) is 14.1. The molecular formula is C20H47NO2Si2. The normalized spacial score (nSPS) is 16.0. The van der Waals surface area contributed by atoms with Crippen molar-refractivity contribution in [2.24, 2.45) is 11.7 Å². The van der Waals surface area contributed by atoms with Crippen LogP contribution in [0.4, 0.5) is 0 Å². The van der Waals surface area contributed by atoms with E-state index in [1.54, 1.807) is 0 Å². The molecule has 0 aliphatic carbocycles. The number of rotatable bonds is 17. The maximum atomic E-state index is 6.59. The van der Waals surface area contributed by atoms with Crippen LogP contribution in [0.25, 0.3) is 0 Å². The van der Waals surface area contributed by atoms with E-state index in [9.17, 15) is 0 Å². The van der Waals surface area contributed by atoms with E-state index in [-0.39, 0.29) is 0 Å². The predicted octanol–water partition coefficient (Wildman–Crippen LogP) is 6.44. The van der Waals surface area contributed by atoms with Crippen molar-refractivity contribution in [2.45, 2.75) is 110 Å². The fraction of sp³-hybridized carbons (Fsp3) is 1.00. The molecular weight excluding hydrogens is 342 g/mol. The molecule has 0 fully saturated rings. The van der Waals surface area contributed by atoms with Gasteiger partial charge in [0.2, 0.25) is 0 Å². The molecule has 0 aromatic heterocycles. The summed E-state index contributed by atoms with van der Waals surface area (Å²) in [7, 11) is -1.83. The number of hydrogen-bond donors (Lipinski definition) is 1. The van der Waals surface area contributed by atoms with E-state index >= 15 is 0 Å². The van der Waals surface area contributed by atoms with E-state index < -0.39 is 16.9 Å². The Kier molecular flexibility index (Phi) is 14.6. The summed E-state index contributed by atoms with van der Waals surface area (Å²) in [6.45, 7) is 12.4. The van der Waals surface area contributed by atoms with Crippen LogP contribution in [0.3, 0.4) is 0 Å². The third-order valence-corrected chi connectivity index (χ3v) is 12.9. The Balaban J connectivity index is 3.95. The molecule has 5 heteroatoms. The van der Waals surface area contributed by atoms with Crippen LogP contribution in [0, 0.1) is 5.92 Å². The molecule has 0 saturated carbocycles. The largest absolute Gasteiger partial charge is 0.436 e. The fourth-order valence-corrected chi connectivity index (χ4v) is 11.5. The predicted molar refractivity (Wildman–Crippen MR) is 117 cm³/mol. The van der Waals surface area contributed by atoms with Gasteiger partial charge in [-0.1, -0.05) is 71.6 Å². The molecule has 2 N–H and O–H groups in total. The summed E-state index contributed by atoms with van der Waals surface area (Å²) in [6.07, 6.45) is 13.5. The smallest absolute Gasteiger partial charge is 0.324 e. The van der Waals surface area contributed by atoms with Gasteiger partial charge < -0.3 is 14.3 Å². The molecule has 2 atom stereocenters. The van der Waals surface area contributed by atoms with Gasteiger partial charge in [-0.3, -0.25) is 0 Å². The van der Waals surface area contributed by atoms with Gasteiger partial charge in [0, 0.05) is 7.11 Å². The number of unbranched alkanes of at least 4 members (excludes halogenated alkanes) is 5. The van der Waals surface area contributed by atoms with Crippen molar-refractivity contribution in [3.8, 4) is 0 Å². The van der Waals surface area contributed by atoms with E-state index in [0.29, 0.717) is 0 Å². The molecule has 0 aliphatic heterocycles. The van der Waals surface area contributed by atoms with Crippen molar-refractivity contribution >= 4 is 16.9 Å². The van der Waals surface area contributed by atoms with E-state index in [0.717, 1.165) is 24.9 Å². The molecule has 0 aliphatic rings. The minimum atomic E-state index is -2.01. The Labute approximate surface area is 160 Å². The molecule has 0 aromatic carbocycles. The summed E-state index contributed by atoms with van der Waals surface area (Å²) < 4.78 is 12.4. The van der Waals surface area contributed by atoms with Gasteiger partial charge in [0.15, 0.2) is 8.32 Å². The van der Waals surface area contributed by atoms with Gasteiger partial charge in [-0.05, 0) is 50.6 Å². The van der Waals surface area contributed by atoms with Gasteiger partial charge in [-0.15, -0.1) is 0 Å². The SMILES string of the molecule is CCCCCCCCC(C)CCC[Si](C)(C)O[Si](C)(CCCN)OC. The lowest BCUT2D eigenvalue weighted by molar-refractivity contribution is 0.299. The van der Waals surface area contributed by atoms with Gasteiger partial charge in [-0.2, -0.15) is 0 Å². The van der Waals surface area contributed by atoms with E-state index in [1.807, 2.05) is 7.11 Å². The average Bonchev–Trinajstić information content (AvgIpc) is 2.55. The lowest BCUT2D eigenvalue weighted by Gasteiger charge is -2.35. The van der Waals surface area contributed by atoms with Gasteiger partial charge in [0.1, 0.15) is 0 Å². The lowest BCUT2D eigenvalue weighted by atomic mass is 9.98. The molecule has 0 aromatic rings. The summed E-state index contributed by atoms with van der Waals surface area (Å²) in [4.78, 5) is 0. The van der Waals surface area contributed by atoms with Crippen molar-refractivity contribution in [3.63, 3.8) is 0 Å². The van der Waals surface area contributed by atoms with Crippen LogP contribution < -0.4 is 5.73 Å². The quantitative estimate of drug-likeness (QED) is 0.230. The Bertz CT molecular complexity index is 316. The second-order valence-electron chi connectivity index (χ2n) is 8.65. The topological polar surface area (TPSA) is 44.5 Å². The molecule has 0 radical (unpaired) electrons. The Morgan fingerprint density at radius 1 is 0.840 bits per heavy atom. The second-order valence-corrected chi connectivity index (χ2v) is 16.7. The summed E-state index contributed by atoms with van der Waals surface area (Å²) in [5.41, 5.74) is 5.66. The molecule has 0 spiro atoms. The van der Waals surface area contributed by atoms with Gasteiger partial charge >= 0.3 is 8.56 Å². The van der Waals surface area contributed by atoms with Crippen molar-refractivity contribution in [1.82, 2.24) is 0 Å². The van der Waals surface area contributed by atoms with Gasteiger partial charge in [-0.25, -0.2) is 0 Å². The van der Waals surface area contributed by atoms with E-state index in [1.165, 1.54) is 63.8 Å². The molecule has 25 heavy (non-hydrogen) atoms. The van der Waals surface area contributed by atoms with Crippen LogP contribution in [0.5, 0.6) is 0 Å². The van der Waals surface area contributed by atoms with Crippen molar-refractivity contribution in [3.05, 3.63) is 0 Å². The Hall–Kier alpha value is 0.314. The molecule has 2 unspecified atom stereocenters. The zero-order chi connectivity index (χ0) is 19.2. The van der Waals surface area contributed by atoms with Crippen LogP contribution >= 0.6 is 0 Å². The molecule has 3 nitrogen and oxygen atoms in total. The minimum Gasteiger partial charge on any atom is -0.436 e. The monoisotopic (exact) mass is 389 g/mol. The molecule has 0 amide bonds. The average molecular weight is 390 g/mol. The van der Waals surface area contributed by atoms with Gasteiger partial charge in [0.05, 0.1) is 0 Å². The van der Waals surface area contributed by atoms with Crippen molar-refractivity contribution in [2.75, 3.05) is 13.7 Å². The van der Waals surface area contributed by atoms with Crippen molar-refractivity contribution in [1.29, 1.82) is 0 Å². The van der Waals surface area contributed by atoms with E-state index in [4.69, 9.17) is 14.3 Å². The maximum absolute atomic E-state index is 6.59. The third-order valence-electron chi connectivity index (χ3n) is 5.29. The first kappa shape index (κ1) is 25.3. The molecule has 0 bridgehead atoms. The van der Waals surface area contributed by atoms with Crippen LogP contribution in [0.15, 0.2) is 0 Å². The summed E-state index contributed by atoms with van der Waals surface area (Å²) in [5, 5.41) is 0. The zero-order valence-corrected chi connectivity index (χ0v) is 20.2. The van der Waals surface area contributed by atoms with Crippen LogP contribution in [0.2, 0.25) is 31.7 Å². The first-order valence-electron chi connectivity index (χ1n) is 10.7. The van der Waals surface area contributed by atoms with Crippen LogP contribution in [-0.4, -0.2) is 30.5 Å². The number of nitrogens with two attached hydrogens (primary N) is 1. The van der Waals surface area contributed by atoms with Crippen LogP contribution in [-0.2, 0) is 8.54 Å². The zero-order valence-electron chi connectivity index (χ0n) is 18.2. The molecule has 152 valence electrons. The summed E-state index contributed by atoms with van der Waals surface area (Å²) in [5.74, 6) is 0.860. The fourth-order valence-electron chi connectivity index (χ4n) is 3.55. The highest BCUT2D eigenvalue weighted by Gasteiger charge is 2.37. The highest BCUT2D eigenvalue weighted by atomic mass is 28.4. The molecule has 0 saturated heterocycles. The second kappa shape index (κ2) is 14.4. The van der Waals surface area contributed by atoms with E-state index in [2.05, 4.69) is 33.5 Å². The number of hydrogen-bond acceptors (Lipinski definition) is 3. The summed E-state index contributed by atoms with van der Waals surface area (Å²) in [6, 6.07) is 2.27. The highest BCUT2D eigenvalue weighted by molar-refractivity contribution is 6.82. The summed E-state index contributed by atoms with van der Waals surface area (Å²) >= 11 is 0. The molecule has 0 heterocycles. The first-order chi connectivity index (χ1) is 11.8. The van der Waals surface area contributed by atoms with Crippen LogP contribution in [0.1, 0.15) is 78.1 Å². The standard InChI is InChI=1S/C20H47NO2Si2/c1-7-8-9-10-11-12-15-20(2)16-13-18-24(4,5)23-25(6,22-3)19-14-17-21/h20H,7-19,21H2,1-6H3. The Morgan fingerprint density at radius 3 is 2.04 bits per heavy atom.